The molecule has 0 atom stereocenters. The number of para-hydroxylation sites is 1. The third-order valence-corrected chi connectivity index (χ3v) is 4.00. The second-order valence-electron chi connectivity index (χ2n) is 6.18. The van der Waals surface area contributed by atoms with E-state index in [1.165, 1.54) is 0 Å². The molecule has 0 aliphatic carbocycles. The minimum atomic E-state index is -0.920. The Morgan fingerprint density at radius 3 is 2.26 bits per heavy atom. The number of benzene rings is 3. The quantitative estimate of drug-likeness (QED) is 0.569. The number of nitrogens with one attached hydrogen (secondary N) is 1. The van der Waals surface area contributed by atoms with E-state index in [0.29, 0.717) is 17.7 Å². The van der Waals surface area contributed by atoms with Crippen LogP contribution in [0, 0.1) is 0 Å². The molecule has 0 fully saturated rings. The highest BCUT2D eigenvalue weighted by Gasteiger charge is 2.07. The molecule has 0 saturated carbocycles. The molecule has 3 aromatic rings. The number of rotatable bonds is 7. The van der Waals surface area contributed by atoms with Crippen molar-refractivity contribution < 1.29 is 14.6 Å². The van der Waals surface area contributed by atoms with Crippen LogP contribution in [0.1, 0.15) is 22.8 Å². The zero-order chi connectivity index (χ0) is 19.1. The molecule has 0 saturated heterocycles. The van der Waals surface area contributed by atoms with E-state index in [0.717, 1.165) is 22.8 Å². The van der Waals surface area contributed by atoms with Gasteiger partial charge in [0, 0.05) is 12.2 Å². The molecule has 4 nitrogen and oxygen atoms in total. The number of carboxylic acids is 1. The van der Waals surface area contributed by atoms with Crippen molar-refractivity contribution in [1.29, 1.82) is 0 Å². The fourth-order valence-corrected chi connectivity index (χ4v) is 2.64. The minimum absolute atomic E-state index is 0.305. The zero-order valence-electron chi connectivity index (χ0n) is 15.1. The summed E-state index contributed by atoms with van der Waals surface area (Å²) in [6, 6.07) is 24.4. The summed E-state index contributed by atoms with van der Waals surface area (Å²) in [6.07, 6.45) is 1.89. The van der Waals surface area contributed by atoms with Crippen molar-refractivity contribution in [2.45, 2.75) is 6.92 Å². The summed E-state index contributed by atoms with van der Waals surface area (Å²) in [5.41, 5.74) is 3.01. The topological polar surface area (TPSA) is 58.6 Å². The van der Waals surface area contributed by atoms with Gasteiger partial charge in [0.25, 0.3) is 0 Å². The van der Waals surface area contributed by atoms with Gasteiger partial charge in [-0.05, 0) is 55.0 Å². The van der Waals surface area contributed by atoms with Crippen molar-refractivity contribution in [3.05, 3.63) is 95.6 Å². The van der Waals surface area contributed by atoms with E-state index in [4.69, 9.17) is 4.74 Å². The van der Waals surface area contributed by atoms with Gasteiger partial charge in [0.1, 0.15) is 11.5 Å². The molecule has 0 amide bonds. The van der Waals surface area contributed by atoms with Crippen molar-refractivity contribution in [3.63, 3.8) is 0 Å². The first-order valence-electron chi connectivity index (χ1n) is 8.68. The van der Waals surface area contributed by atoms with Crippen LogP contribution in [-0.2, 0) is 0 Å². The summed E-state index contributed by atoms with van der Waals surface area (Å²) < 4.78 is 5.78. The molecule has 3 rings (SSSR count). The molecule has 0 spiro atoms. The Hall–Kier alpha value is -3.53. The molecule has 0 aliphatic rings. The van der Waals surface area contributed by atoms with Crippen molar-refractivity contribution in [2.24, 2.45) is 0 Å². The molecular formula is C23H21NO3. The SMILES string of the molecule is CC(=Cc1ccccc1C(=O)O)CNc1ccc(Oc2ccccc2)cc1. The number of carbonyl (C=O) groups is 1. The summed E-state index contributed by atoms with van der Waals surface area (Å²) >= 11 is 0. The highest BCUT2D eigenvalue weighted by Crippen LogP contribution is 2.23. The number of ether oxygens (including phenoxy) is 1. The van der Waals surface area contributed by atoms with Gasteiger partial charge in [-0.2, -0.15) is 0 Å². The first-order valence-corrected chi connectivity index (χ1v) is 8.68. The van der Waals surface area contributed by atoms with Crippen molar-refractivity contribution in [3.8, 4) is 11.5 Å². The lowest BCUT2D eigenvalue weighted by molar-refractivity contribution is 0.0696. The van der Waals surface area contributed by atoms with Crippen LogP contribution in [0.15, 0.2) is 84.4 Å². The van der Waals surface area contributed by atoms with E-state index in [9.17, 15) is 9.90 Å². The zero-order valence-corrected chi connectivity index (χ0v) is 15.1. The smallest absolute Gasteiger partial charge is 0.336 e. The Bertz CT molecular complexity index is 931. The average molecular weight is 359 g/mol. The molecule has 3 aromatic carbocycles. The minimum Gasteiger partial charge on any atom is -0.478 e. The third-order valence-electron chi connectivity index (χ3n) is 4.00. The van der Waals surface area contributed by atoms with Crippen molar-refractivity contribution in [2.75, 3.05) is 11.9 Å². The van der Waals surface area contributed by atoms with E-state index in [2.05, 4.69) is 5.32 Å². The summed E-state index contributed by atoms with van der Waals surface area (Å²) in [5, 5.41) is 12.6. The third kappa shape index (κ3) is 5.22. The lowest BCUT2D eigenvalue weighted by Crippen LogP contribution is -2.04. The van der Waals surface area contributed by atoms with E-state index < -0.39 is 5.97 Å². The number of hydrogen-bond donors (Lipinski definition) is 2. The van der Waals surface area contributed by atoms with Crippen LogP contribution >= 0.6 is 0 Å². The maximum absolute atomic E-state index is 11.3. The van der Waals surface area contributed by atoms with Crippen LogP contribution in [0.5, 0.6) is 11.5 Å². The summed E-state index contributed by atoms with van der Waals surface area (Å²) in [4.78, 5) is 11.3. The number of hydrogen-bond acceptors (Lipinski definition) is 3. The summed E-state index contributed by atoms with van der Waals surface area (Å²) in [6.45, 7) is 2.59. The van der Waals surface area contributed by atoms with Gasteiger partial charge in [0.2, 0.25) is 0 Å². The Kier molecular flexibility index (Phi) is 5.90. The standard InChI is InChI=1S/C23H21NO3/c1-17(15-18-7-5-6-10-22(18)23(25)26)16-24-19-11-13-21(14-12-19)27-20-8-3-2-4-9-20/h2-15,24H,16H2,1H3,(H,25,26). The molecule has 4 heteroatoms. The monoisotopic (exact) mass is 359 g/mol. The fourth-order valence-electron chi connectivity index (χ4n) is 2.64. The second kappa shape index (κ2) is 8.72. The molecule has 0 unspecified atom stereocenters. The number of aromatic carboxylic acids is 1. The average Bonchev–Trinajstić information content (AvgIpc) is 2.68. The van der Waals surface area contributed by atoms with E-state index in [1.54, 1.807) is 12.1 Å². The summed E-state index contributed by atoms with van der Waals surface area (Å²) in [5.74, 6) is 0.653. The van der Waals surface area contributed by atoms with Crippen molar-refractivity contribution >= 4 is 17.7 Å². The molecule has 0 aromatic heterocycles. The number of anilines is 1. The highest BCUT2D eigenvalue weighted by molar-refractivity contribution is 5.92. The van der Waals surface area contributed by atoms with Gasteiger partial charge < -0.3 is 15.2 Å². The lowest BCUT2D eigenvalue weighted by atomic mass is 10.1. The maximum atomic E-state index is 11.3. The van der Waals surface area contributed by atoms with Gasteiger partial charge in [0.05, 0.1) is 5.56 Å². The van der Waals surface area contributed by atoms with E-state index in [1.807, 2.05) is 79.7 Å². The van der Waals surface area contributed by atoms with E-state index >= 15 is 0 Å². The molecule has 0 radical (unpaired) electrons. The normalized spacial score (nSPS) is 11.1. The van der Waals surface area contributed by atoms with Crippen LogP contribution in [0.2, 0.25) is 0 Å². The Labute approximate surface area is 158 Å². The maximum Gasteiger partial charge on any atom is 0.336 e. The Balaban J connectivity index is 1.60. The number of carboxylic acid groups (broad SMARTS) is 1. The fraction of sp³-hybridized carbons (Fsp3) is 0.0870. The molecule has 0 aliphatic heterocycles. The van der Waals surface area contributed by atoms with Crippen LogP contribution in [-0.4, -0.2) is 17.6 Å². The highest BCUT2D eigenvalue weighted by atomic mass is 16.5. The molecule has 0 bridgehead atoms. The lowest BCUT2D eigenvalue weighted by Gasteiger charge is -2.10. The Morgan fingerprint density at radius 1 is 0.926 bits per heavy atom. The second-order valence-corrected chi connectivity index (χ2v) is 6.18. The predicted molar refractivity (Wildman–Crippen MR) is 109 cm³/mol. The Morgan fingerprint density at radius 2 is 1.56 bits per heavy atom. The molecule has 2 N–H and O–H groups in total. The van der Waals surface area contributed by atoms with Crippen LogP contribution < -0.4 is 10.1 Å². The first kappa shape index (κ1) is 18.3. The van der Waals surface area contributed by atoms with Crippen LogP contribution in [0.3, 0.4) is 0 Å². The van der Waals surface area contributed by atoms with Crippen LogP contribution in [0.4, 0.5) is 5.69 Å². The van der Waals surface area contributed by atoms with Crippen LogP contribution in [0.25, 0.3) is 6.08 Å². The van der Waals surface area contributed by atoms with Crippen molar-refractivity contribution in [1.82, 2.24) is 0 Å². The van der Waals surface area contributed by atoms with Gasteiger partial charge in [-0.3, -0.25) is 0 Å². The van der Waals surface area contributed by atoms with Gasteiger partial charge >= 0.3 is 5.97 Å². The predicted octanol–water partition coefficient (Wildman–Crippen LogP) is 5.69. The molecule has 136 valence electrons. The van der Waals surface area contributed by atoms with E-state index in [-0.39, 0.29) is 0 Å². The first-order chi connectivity index (χ1) is 13.1. The van der Waals surface area contributed by atoms with Gasteiger partial charge in [0.15, 0.2) is 0 Å². The van der Waals surface area contributed by atoms with Gasteiger partial charge in [-0.25, -0.2) is 4.79 Å². The molecular weight excluding hydrogens is 338 g/mol. The summed E-state index contributed by atoms with van der Waals surface area (Å²) in [7, 11) is 0. The van der Waals surface area contributed by atoms with Gasteiger partial charge in [-0.1, -0.05) is 48.0 Å². The molecule has 27 heavy (non-hydrogen) atoms. The largest absolute Gasteiger partial charge is 0.478 e. The van der Waals surface area contributed by atoms with Gasteiger partial charge in [-0.15, -0.1) is 0 Å². The molecule has 0 heterocycles.